The molecule has 0 spiro atoms. The Morgan fingerprint density at radius 3 is 1.05 bits per heavy atom. The molecule has 3 aromatic carbocycles. The average Bonchev–Trinajstić information content (AvgIpc) is 3.19. The summed E-state index contributed by atoms with van der Waals surface area (Å²) >= 11 is 0. The standard InChI is InChI=1S/C51H81F8OSi3/c1-32(2)61(27-23-19-15-17-21-25-29-62(33(3)4,34(5)6)35(7)8,28-24-20-16-18-22-26-30-63(36(9)10,37(11)12)38(13)14)60-51-49(58)43-42(48(57)50(51)59)44(53)39-31-40(52)45(54)47(56)41(39)46(43)55/h32-38H,15-30H2,1-14H3. The summed E-state index contributed by atoms with van der Waals surface area (Å²) in [4.78, 5) is 0. The lowest BCUT2D eigenvalue weighted by Crippen LogP contribution is -2.45. The highest BCUT2D eigenvalue weighted by Gasteiger charge is 2.44. The monoisotopic (exact) mass is 946 g/mol. The van der Waals surface area contributed by atoms with Gasteiger partial charge in [0.15, 0.2) is 34.8 Å². The Hall–Kier alpha value is -1.93. The molecule has 0 saturated heterocycles. The lowest BCUT2D eigenvalue weighted by atomic mass is 9.99. The summed E-state index contributed by atoms with van der Waals surface area (Å²) in [5.74, 6) is -16.7. The van der Waals surface area contributed by atoms with E-state index in [4.69, 9.17) is 4.43 Å². The zero-order valence-electron chi connectivity index (χ0n) is 41.3. The van der Waals surface area contributed by atoms with Crippen molar-refractivity contribution in [3.8, 4) is 5.75 Å². The summed E-state index contributed by atoms with van der Waals surface area (Å²) < 4.78 is 130. The number of halogens is 8. The van der Waals surface area contributed by atoms with Gasteiger partial charge in [-0.1, -0.05) is 219 Å². The highest BCUT2D eigenvalue weighted by atomic mass is 28.4. The zero-order chi connectivity index (χ0) is 47.8. The Balaban J connectivity index is 1.88. The predicted molar refractivity (Wildman–Crippen MR) is 258 cm³/mol. The molecule has 0 heterocycles. The van der Waals surface area contributed by atoms with Gasteiger partial charge in [-0.15, -0.1) is 0 Å². The molecule has 1 nitrogen and oxygen atoms in total. The second-order valence-corrected chi connectivity index (χ2v) is 38.0. The number of fused-ring (bicyclic) bond motifs is 2. The average molecular weight is 946 g/mol. The first-order chi connectivity index (χ1) is 29.4. The highest BCUT2D eigenvalue weighted by molar-refractivity contribution is 6.84. The molecule has 0 N–H and O–H groups in total. The Bertz CT molecular complexity index is 1850. The number of rotatable bonds is 27. The third-order valence-corrected chi connectivity index (χ3v) is 36.4. The molecule has 0 aliphatic heterocycles. The van der Waals surface area contributed by atoms with E-state index in [1.54, 1.807) is 0 Å². The quantitative estimate of drug-likeness (QED) is 0.0185. The summed E-state index contributed by atoms with van der Waals surface area (Å²) in [6, 6.07) is 5.18. The van der Waals surface area contributed by atoms with Crippen LogP contribution < -0.4 is 4.43 Å². The SMILES string of the molecule is CC(C)[Si](CCCCCCCC[Si](C(C)C)(C(C)C)C(C)C)(CCCCCCCC[Si](C(C)C)(C(C)C)C(C)C)Oc1c(F)c(F)c2c(F)c3[c]c(F)c(F)c(F)c3c(F)c2c1F. The molecule has 359 valence electrons. The van der Waals surface area contributed by atoms with Gasteiger partial charge in [0.2, 0.25) is 5.82 Å². The van der Waals surface area contributed by atoms with Crippen molar-refractivity contribution >= 4 is 46.0 Å². The van der Waals surface area contributed by atoms with E-state index in [2.05, 4.69) is 83.1 Å². The number of hydrogen-bond acceptors (Lipinski definition) is 1. The van der Waals surface area contributed by atoms with Gasteiger partial charge in [-0.2, -0.15) is 4.39 Å². The van der Waals surface area contributed by atoms with Crippen molar-refractivity contribution in [1.82, 2.24) is 0 Å². The predicted octanol–water partition coefficient (Wildman–Crippen LogP) is 19.7. The maximum atomic E-state index is 16.6. The van der Waals surface area contributed by atoms with Crippen molar-refractivity contribution in [3.63, 3.8) is 0 Å². The van der Waals surface area contributed by atoms with Crippen LogP contribution in [0, 0.1) is 52.6 Å². The van der Waals surface area contributed by atoms with Crippen LogP contribution in [0.15, 0.2) is 0 Å². The molecule has 0 aliphatic carbocycles. The zero-order valence-corrected chi connectivity index (χ0v) is 44.3. The van der Waals surface area contributed by atoms with Crippen molar-refractivity contribution in [3.05, 3.63) is 52.6 Å². The van der Waals surface area contributed by atoms with Crippen molar-refractivity contribution in [1.29, 1.82) is 0 Å². The third kappa shape index (κ3) is 11.8. The molecule has 3 rings (SSSR count). The van der Waals surface area contributed by atoms with Crippen LogP contribution in [0.4, 0.5) is 35.1 Å². The summed E-state index contributed by atoms with van der Waals surface area (Å²) in [6.45, 7) is 32.5. The van der Waals surface area contributed by atoms with Gasteiger partial charge in [-0.05, 0) is 17.6 Å². The van der Waals surface area contributed by atoms with Gasteiger partial charge in [0.25, 0.3) is 8.32 Å². The van der Waals surface area contributed by atoms with Crippen molar-refractivity contribution in [2.24, 2.45) is 0 Å². The molecule has 0 amide bonds. The molecule has 12 heteroatoms. The van der Waals surface area contributed by atoms with Crippen LogP contribution in [0.25, 0.3) is 21.5 Å². The molecule has 0 aliphatic rings. The second kappa shape index (κ2) is 23.7. The number of hydrogen-bond donors (Lipinski definition) is 0. The smallest absolute Gasteiger partial charge is 0.254 e. The van der Waals surface area contributed by atoms with Crippen LogP contribution in [0.1, 0.15) is 174 Å². The van der Waals surface area contributed by atoms with Crippen LogP contribution in [0.3, 0.4) is 0 Å². The molecule has 0 aromatic heterocycles. The van der Waals surface area contributed by atoms with Crippen molar-refractivity contribution in [2.45, 2.75) is 237 Å². The molecule has 63 heavy (non-hydrogen) atoms. The normalized spacial score (nSPS) is 13.3. The van der Waals surface area contributed by atoms with Crippen molar-refractivity contribution < 1.29 is 39.5 Å². The lowest BCUT2D eigenvalue weighted by Gasteiger charge is -2.43. The minimum absolute atomic E-state index is 0.195. The fourth-order valence-corrected chi connectivity index (χ4v) is 29.6. The van der Waals surface area contributed by atoms with Gasteiger partial charge in [0, 0.05) is 11.5 Å². The topological polar surface area (TPSA) is 9.23 Å². The highest BCUT2D eigenvalue weighted by Crippen LogP contribution is 2.48. The molecule has 3 aromatic rings. The van der Waals surface area contributed by atoms with E-state index < -0.39 is 98.3 Å². The Labute approximate surface area is 379 Å². The van der Waals surface area contributed by atoms with Crippen LogP contribution in [-0.2, 0) is 0 Å². The molecule has 0 bridgehead atoms. The largest absolute Gasteiger partial charge is 0.539 e. The molecule has 0 unspecified atom stereocenters. The van der Waals surface area contributed by atoms with E-state index in [1.807, 2.05) is 13.8 Å². The van der Waals surface area contributed by atoms with Gasteiger partial charge < -0.3 is 4.43 Å². The fraction of sp³-hybridized carbons (Fsp3) is 0.725. The maximum Gasteiger partial charge on any atom is 0.254 e. The van der Waals surface area contributed by atoms with E-state index >= 15 is 22.0 Å². The van der Waals surface area contributed by atoms with E-state index in [0.29, 0.717) is 45.3 Å². The summed E-state index contributed by atoms with van der Waals surface area (Å²) in [5.41, 5.74) is 4.09. The van der Waals surface area contributed by atoms with Crippen LogP contribution in [0.5, 0.6) is 5.75 Å². The van der Waals surface area contributed by atoms with Gasteiger partial charge in [-0.3, -0.25) is 0 Å². The van der Waals surface area contributed by atoms with Gasteiger partial charge in [0.1, 0.15) is 11.6 Å². The second-order valence-electron chi connectivity index (χ2n) is 21.2. The van der Waals surface area contributed by atoms with E-state index in [9.17, 15) is 13.2 Å². The molecule has 0 atom stereocenters. The van der Waals surface area contributed by atoms with E-state index in [0.717, 1.165) is 64.2 Å². The fourth-order valence-electron chi connectivity index (χ4n) is 12.3. The first-order valence-electron chi connectivity index (χ1n) is 24.4. The Kier molecular flexibility index (Phi) is 20.8. The van der Waals surface area contributed by atoms with Gasteiger partial charge in [0.05, 0.1) is 32.3 Å². The maximum absolute atomic E-state index is 16.6. The van der Waals surface area contributed by atoms with E-state index in [-0.39, 0.29) is 5.54 Å². The Morgan fingerprint density at radius 2 is 0.683 bits per heavy atom. The summed E-state index contributed by atoms with van der Waals surface area (Å²) in [6.07, 6.45) is 12.0. The molecular formula is C51H81F8OSi3. The van der Waals surface area contributed by atoms with E-state index in [1.165, 1.54) is 31.0 Å². The molecule has 0 fully saturated rings. The van der Waals surface area contributed by atoms with Gasteiger partial charge >= 0.3 is 0 Å². The van der Waals surface area contributed by atoms with Gasteiger partial charge in [-0.25, -0.2) is 30.7 Å². The first-order valence-corrected chi connectivity index (χ1v) is 31.7. The molecule has 1 radical (unpaired) electrons. The van der Waals surface area contributed by atoms with Crippen LogP contribution >= 0.6 is 0 Å². The number of unbranched alkanes of at least 4 members (excludes halogenated alkanes) is 10. The van der Waals surface area contributed by atoms with Crippen LogP contribution in [0.2, 0.25) is 63.0 Å². The molecule has 0 saturated carbocycles. The lowest BCUT2D eigenvalue weighted by molar-refractivity contribution is 0.405. The minimum atomic E-state index is -3.22. The number of benzene rings is 3. The Morgan fingerprint density at radius 1 is 0.349 bits per heavy atom. The summed E-state index contributed by atoms with van der Waals surface area (Å²) in [5, 5.41) is -5.64. The molecular weight excluding hydrogens is 865 g/mol. The van der Waals surface area contributed by atoms with Crippen LogP contribution in [-0.4, -0.2) is 24.5 Å². The first kappa shape index (κ1) is 55.4. The third-order valence-electron chi connectivity index (χ3n) is 16.0. The van der Waals surface area contributed by atoms with Crippen molar-refractivity contribution in [2.75, 3.05) is 0 Å². The summed E-state index contributed by atoms with van der Waals surface area (Å²) in [7, 11) is -6.17. The minimum Gasteiger partial charge on any atom is -0.539 e.